The smallest absolute Gasteiger partial charge is 0.255 e. The number of rotatable bonds is 7. The van der Waals surface area contributed by atoms with Gasteiger partial charge in [0, 0.05) is 41.6 Å². The Bertz CT molecular complexity index is 1390. The molecule has 3 heterocycles. The lowest BCUT2D eigenvalue weighted by Crippen LogP contribution is -2.12. The molecule has 34 heavy (non-hydrogen) atoms. The van der Waals surface area contributed by atoms with E-state index >= 15 is 0 Å². The first-order chi connectivity index (χ1) is 16.7. The van der Waals surface area contributed by atoms with Gasteiger partial charge in [-0.15, -0.1) is 0 Å². The molecule has 0 fully saturated rings. The molecule has 0 aliphatic heterocycles. The lowest BCUT2D eigenvalue weighted by molar-refractivity contribution is 0.102. The first-order valence-corrected chi connectivity index (χ1v) is 10.5. The molecule has 166 valence electrons. The normalized spacial score (nSPS) is 10.5. The zero-order valence-electron chi connectivity index (χ0n) is 18.0. The summed E-state index contributed by atoms with van der Waals surface area (Å²) >= 11 is 0. The standard InChI is InChI=1S/C25H20N8O/c34-25(18-5-3-6-21(15-18)33-14-4-13-29-33)31-20-10-8-19(9-11-20)30-23-16-24(28-17-27-23)32-22-7-1-2-12-26-22/h1-17H,(H,31,34)(H2,26,27,28,30,32). The van der Waals surface area contributed by atoms with Crippen molar-refractivity contribution in [2.45, 2.75) is 0 Å². The zero-order chi connectivity index (χ0) is 23.2. The van der Waals surface area contributed by atoms with Crippen LogP contribution in [0.1, 0.15) is 10.4 Å². The summed E-state index contributed by atoms with van der Waals surface area (Å²) in [5, 5.41) is 13.5. The van der Waals surface area contributed by atoms with Gasteiger partial charge in [-0.25, -0.2) is 19.6 Å². The molecule has 3 N–H and O–H groups in total. The van der Waals surface area contributed by atoms with Gasteiger partial charge in [0.25, 0.3) is 5.91 Å². The van der Waals surface area contributed by atoms with Crippen molar-refractivity contribution in [2.75, 3.05) is 16.0 Å². The highest BCUT2D eigenvalue weighted by Crippen LogP contribution is 2.21. The maximum absolute atomic E-state index is 12.7. The Kier molecular flexibility index (Phi) is 5.89. The molecule has 5 aromatic rings. The largest absolute Gasteiger partial charge is 0.340 e. The van der Waals surface area contributed by atoms with Crippen molar-refractivity contribution in [3.8, 4) is 5.69 Å². The van der Waals surface area contributed by atoms with Crippen molar-refractivity contribution in [2.24, 2.45) is 0 Å². The number of benzene rings is 2. The molecule has 0 bridgehead atoms. The highest BCUT2D eigenvalue weighted by atomic mass is 16.1. The second-order valence-electron chi connectivity index (χ2n) is 7.29. The van der Waals surface area contributed by atoms with E-state index in [2.05, 4.69) is 36.0 Å². The van der Waals surface area contributed by atoms with Crippen LogP contribution in [-0.2, 0) is 0 Å². The van der Waals surface area contributed by atoms with Crippen LogP contribution < -0.4 is 16.0 Å². The quantitative estimate of drug-likeness (QED) is 0.328. The van der Waals surface area contributed by atoms with E-state index in [4.69, 9.17) is 0 Å². The first-order valence-electron chi connectivity index (χ1n) is 10.5. The van der Waals surface area contributed by atoms with Crippen LogP contribution in [0.3, 0.4) is 0 Å². The molecule has 0 aliphatic carbocycles. The zero-order valence-corrected chi connectivity index (χ0v) is 18.0. The molecule has 0 unspecified atom stereocenters. The molecular formula is C25H20N8O. The van der Waals surface area contributed by atoms with E-state index in [0.29, 0.717) is 28.7 Å². The SMILES string of the molecule is O=C(Nc1ccc(Nc2cc(Nc3ccccn3)ncn2)cc1)c1cccc(-n2cccn2)c1. The summed E-state index contributed by atoms with van der Waals surface area (Å²) in [5.74, 6) is 1.75. The number of pyridine rings is 1. The van der Waals surface area contributed by atoms with Gasteiger partial charge in [0.1, 0.15) is 23.8 Å². The average molecular weight is 448 g/mol. The fraction of sp³-hybridized carbons (Fsp3) is 0. The van der Waals surface area contributed by atoms with Gasteiger partial charge in [0.2, 0.25) is 0 Å². The summed E-state index contributed by atoms with van der Waals surface area (Å²) < 4.78 is 1.71. The summed E-state index contributed by atoms with van der Waals surface area (Å²) in [6, 6.07) is 23.9. The Balaban J connectivity index is 1.23. The summed E-state index contributed by atoms with van der Waals surface area (Å²) in [6.07, 6.45) is 6.71. The number of hydrogen-bond acceptors (Lipinski definition) is 7. The van der Waals surface area contributed by atoms with Crippen LogP contribution in [0, 0.1) is 0 Å². The third-order valence-corrected chi connectivity index (χ3v) is 4.88. The molecule has 3 aromatic heterocycles. The summed E-state index contributed by atoms with van der Waals surface area (Å²) in [4.78, 5) is 25.4. The molecule has 9 nitrogen and oxygen atoms in total. The highest BCUT2D eigenvalue weighted by molar-refractivity contribution is 6.04. The topological polar surface area (TPSA) is 110 Å². The first kappa shape index (κ1) is 20.8. The minimum Gasteiger partial charge on any atom is -0.340 e. The molecule has 2 aromatic carbocycles. The predicted molar refractivity (Wildman–Crippen MR) is 131 cm³/mol. The van der Waals surface area contributed by atoms with E-state index in [9.17, 15) is 4.79 Å². The van der Waals surface area contributed by atoms with Crippen LogP contribution in [0.4, 0.5) is 28.8 Å². The van der Waals surface area contributed by atoms with Crippen LogP contribution in [0.25, 0.3) is 5.69 Å². The second-order valence-corrected chi connectivity index (χ2v) is 7.29. The number of carbonyl (C=O) groups excluding carboxylic acids is 1. The van der Waals surface area contributed by atoms with Crippen LogP contribution in [0.2, 0.25) is 0 Å². The van der Waals surface area contributed by atoms with E-state index < -0.39 is 0 Å². The van der Waals surface area contributed by atoms with Gasteiger partial charge in [0.15, 0.2) is 0 Å². The number of aromatic nitrogens is 5. The maximum atomic E-state index is 12.7. The van der Waals surface area contributed by atoms with Gasteiger partial charge in [-0.3, -0.25) is 4.79 Å². The molecule has 5 rings (SSSR count). The van der Waals surface area contributed by atoms with Crippen molar-refractivity contribution in [1.82, 2.24) is 24.7 Å². The molecule has 0 saturated heterocycles. The molecule has 0 radical (unpaired) electrons. The van der Waals surface area contributed by atoms with Crippen molar-refractivity contribution >= 4 is 34.7 Å². The van der Waals surface area contributed by atoms with Gasteiger partial charge in [-0.05, 0) is 60.7 Å². The number of carbonyl (C=O) groups is 1. The Labute approximate surface area is 195 Å². The molecule has 0 atom stereocenters. The van der Waals surface area contributed by atoms with Crippen molar-refractivity contribution in [3.63, 3.8) is 0 Å². The Morgan fingerprint density at radius 1 is 0.706 bits per heavy atom. The lowest BCUT2D eigenvalue weighted by atomic mass is 10.2. The Morgan fingerprint density at radius 2 is 1.53 bits per heavy atom. The van der Waals surface area contributed by atoms with E-state index in [1.807, 2.05) is 66.9 Å². The molecule has 0 saturated carbocycles. The molecular weight excluding hydrogens is 428 g/mol. The summed E-state index contributed by atoms with van der Waals surface area (Å²) in [6.45, 7) is 0. The van der Waals surface area contributed by atoms with E-state index in [-0.39, 0.29) is 5.91 Å². The van der Waals surface area contributed by atoms with Crippen LogP contribution in [-0.4, -0.2) is 30.6 Å². The van der Waals surface area contributed by atoms with E-state index in [1.165, 1.54) is 6.33 Å². The van der Waals surface area contributed by atoms with Gasteiger partial charge in [-0.2, -0.15) is 5.10 Å². The van der Waals surface area contributed by atoms with E-state index in [0.717, 1.165) is 11.4 Å². The maximum Gasteiger partial charge on any atom is 0.255 e. The fourth-order valence-electron chi connectivity index (χ4n) is 3.26. The average Bonchev–Trinajstić information content (AvgIpc) is 3.41. The molecule has 0 aliphatic rings. The lowest BCUT2D eigenvalue weighted by Gasteiger charge is -2.10. The highest BCUT2D eigenvalue weighted by Gasteiger charge is 2.08. The monoisotopic (exact) mass is 448 g/mol. The number of hydrogen-bond donors (Lipinski definition) is 3. The van der Waals surface area contributed by atoms with Crippen molar-refractivity contribution in [1.29, 1.82) is 0 Å². The van der Waals surface area contributed by atoms with E-state index in [1.54, 1.807) is 35.3 Å². The Morgan fingerprint density at radius 3 is 2.29 bits per heavy atom. The summed E-state index contributed by atoms with van der Waals surface area (Å²) in [5.41, 5.74) is 2.87. The number of amides is 1. The number of nitrogens with zero attached hydrogens (tertiary/aromatic N) is 5. The van der Waals surface area contributed by atoms with Crippen molar-refractivity contribution < 1.29 is 4.79 Å². The molecule has 0 spiro atoms. The van der Waals surface area contributed by atoms with Crippen LogP contribution in [0.15, 0.2) is 104 Å². The second kappa shape index (κ2) is 9.61. The molecule has 1 amide bonds. The fourth-order valence-corrected chi connectivity index (χ4v) is 3.26. The third kappa shape index (κ3) is 5.05. The Hall–Kier alpha value is -5.05. The van der Waals surface area contributed by atoms with Crippen LogP contribution in [0.5, 0.6) is 0 Å². The van der Waals surface area contributed by atoms with Gasteiger partial charge in [-0.1, -0.05) is 12.1 Å². The number of nitrogens with one attached hydrogen (secondary N) is 3. The summed E-state index contributed by atoms with van der Waals surface area (Å²) in [7, 11) is 0. The minimum absolute atomic E-state index is 0.198. The van der Waals surface area contributed by atoms with Crippen LogP contribution >= 0.6 is 0 Å². The van der Waals surface area contributed by atoms with Crippen molar-refractivity contribution in [3.05, 3.63) is 109 Å². The predicted octanol–water partition coefficient (Wildman–Crippen LogP) is 4.80. The number of anilines is 5. The third-order valence-electron chi connectivity index (χ3n) is 4.88. The van der Waals surface area contributed by atoms with Gasteiger partial charge >= 0.3 is 0 Å². The van der Waals surface area contributed by atoms with Gasteiger partial charge < -0.3 is 16.0 Å². The molecule has 9 heteroatoms. The van der Waals surface area contributed by atoms with Gasteiger partial charge in [0.05, 0.1) is 5.69 Å². The minimum atomic E-state index is -0.198.